The molecule has 1 aromatic rings. The second-order valence-electron chi connectivity index (χ2n) is 5.19. The third kappa shape index (κ3) is 2.66. The molecular formula is C15H22FNO. The number of nitrogens with zero attached hydrogens (tertiary/aromatic N) is 1. The number of hydrogen-bond donors (Lipinski definition) is 1. The highest BCUT2D eigenvalue weighted by atomic mass is 19.1. The van der Waals surface area contributed by atoms with Gasteiger partial charge in [0.1, 0.15) is 5.82 Å². The Hall–Kier alpha value is -1.09. The van der Waals surface area contributed by atoms with E-state index in [0.29, 0.717) is 11.3 Å². The van der Waals surface area contributed by atoms with Crippen molar-refractivity contribution in [1.29, 1.82) is 0 Å². The molecule has 1 aliphatic rings. The lowest BCUT2D eigenvalue weighted by Gasteiger charge is -2.35. The Morgan fingerprint density at radius 3 is 2.61 bits per heavy atom. The van der Waals surface area contributed by atoms with Crippen LogP contribution in [0.3, 0.4) is 0 Å². The van der Waals surface area contributed by atoms with Crippen LogP contribution in [0.5, 0.6) is 0 Å². The number of rotatable bonds is 3. The van der Waals surface area contributed by atoms with E-state index in [2.05, 4.69) is 11.8 Å². The molecule has 0 saturated carbocycles. The highest BCUT2D eigenvalue weighted by Crippen LogP contribution is 2.32. The Balaban J connectivity index is 2.23. The molecule has 1 aliphatic heterocycles. The summed E-state index contributed by atoms with van der Waals surface area (Å²) in [6.45, 7) is 5.68. The van der Waals surface area contributed by atoms with Gasteiger partial charge in [0.15, 0.2) is 0 Å². The molecule has 1 atom stereocenters. The topological polar surface area (TPSA) is 23.5 Å². The van der Waals surface area contributed by atoms with Gasteiger partial charge in [-0.3, -0.25) is 0 Å². The molecule has 0 aliphatic carbocycles. The van der Waals surface area contributed by atoms with Gasteiger partial charge in [0.25, 0.3) is 0 Å². The van der Waals surface area contributed by atoms with Crippen molar-refractivity contribution in [3.8, 4) is 0 Å². The molecule has 2 nitrogen and oxygen atoms in total. The summed E-state index contributed by atoms with van der Waals surface area (Å²) < 4.78 is 14.0. The van der Waals surface area contributed by atoms with Crippen LogP contribution in [0.1, 0.15) is 44.8 Å². The Labute approximate surface area is 108 Å². The lowest BCUT2D eigenvalue weighted by molar-refractivity contribution is 0.199. The molecular weight excluding hydrogens is 229 g/mol. The molecule has 1 fully saturated rings. The summed E-state index contributed by atoms with van der Waals surface area (Å²) in [6.07, 6.45) is 2.81. The lowest BCUT2D eigenvalue weighted by Crippen LogP contribution is -2.34. The fourth-order valence-electron chi connectivity index (χ4n) is 2.77. The molecule has 0 spiro atoms. The number of piperidine rings is 1. The summed E-state index contributed by atoms with van der Waals surface area (Å²) >= 11 is 0. The van der Waals surface area contributed by atoms with Crippen molar-refractivity contribution in [3.63, 3.8) is 0 Å². The summed E-state index contributed by atoms with van der Waals surface area (Å²) in [5.74, 6) is 0.548. The SMILES string of the molecule is CCC1CCN(c2c(F)cccc2C(C)O)CC1. The molecule has 0 aromatic heterocycles. The molecule has 3 heteroatoms. The lowest BCUT2D eigenvalue weighted by atomic mass is 9.93. The summed E-state index contributed by atoms with van der Waals surface area (Å²) in [7, 11) is 0. The average molecular weight is 251 g/mol. The minimum absolute atomic E-state index is 0.219. The number of para-hydroxylation sites is 1. The van der Waals surface area contributed by atoms with Crippen molar-refractivity contribution in [2.75, 3.05) is 18.0 Å². The van der Waals surface area contributed by atoms with E-state index in [0.717, 1.165) is 31.8 Å². The van der Waals surface area contributed by atoms with Crippen LogP contribution < -0.4 is 4.90 Å². The molecule has 1 saturated heterocycles. The highest BCUT2D eigenvalue weighted by molar-refractivity contribution is 5.56. The van der Waals surface area contributed by atoms with E-state index in [9.17, 15) is 9.50 Å². The maximum absolute atomic E-state index is 14.0. The van der Waals surface area contributed by atoms with Crippen molar-refractivity contribution >= 4 is 5.69 Å². The molecule has 0 amide bonds. The first kappa shape index (κ1) is 13.3. The Morgan fingerprint density at radius 2 is 2.06 bits per heavy atom. The van der Waals surface area contributed by atoms with Crippen molar-refractivity contribution in [1.82, 2.24) is 0 Å². The van der Waals surface area contributed by atoms with E-state index < -0.39 is 6.10 Å². The fraction of sp³-hybridized carbons (Fsp3) is 0.600. The van der Waals surface area contributed by atoms with Crippen LogP contribution in [-0.4, -0.2) is 18.2 Å². The first-order chi connectivity index (χ1) is 8.63. The van der Waals surface area contributed by atoms with Gasteiger partial charge in [-0.2, -0.15) is 0 Å². The van der Waals surface area contributed by atoms with E-state index in [1.165, 1.54) is 12.5 Å². The van der Waals surface area contributed by atoms with Crippen LogP contribution in [0.4, 0.5) is 10.1 Å². The maximum Gasteiger partial charge on any atom is 0.146 e. The monoisotopic (exact) mass is 251 g/mol. The van der Waals surface area contributed by atoms with Gasteiger partial charge in [0.05, 0.1) is 11.8 Å². The zero-order valence-corrected chi connectivity index (χ0v) is 11.2. The van der Waals surface area contributed by atoms with E-state index in [4.69, 9.17) is 0 Å². The first-order valence-corrected chi connectivity index (χ1v) is 6.85. The van der Waals surface area contributed by atoms with Crippen molar-refractivity contribution in [2.24, 2.45) is 5.92 Å². The molecule has 1 heterocycles. The largest absolute Gasteiger partial charge is 0.389 e. The zero-order chi connectivity index (χ0) is 13.1. The highest BCUT2D eigenvalue weighted by Gasteiger charge is 2.23. The number of anilines is 1. The second-order valence-corrected chi connectivity index (χ2v) is 5.19. The summed E-state index contributed by atoms with van der Waals surface area (Å²) in [5.41, 5.74) is 1.30. The number of aliphatic hydroxyl groups excluding tert-OH is 1. The third-order valence-electron chi connectivity index (χ3n) is 3.98. The van der Waals surface area contributed by atoms with Gasteiger partial charge < -0.3 is 10.0 Å². The van der Waals surface area contributed by atoms with Crippen LogP contribution in [0.15, 0.2) is 18.2 Å². The number of benzene rings is 1. The standard InChI is InChI=1S/C15H22FNO/c1-3-12-7-9-17(10-8-12)15-13(11(2)18)5-4-6-14(15)16/h4-6,11-12,18H,3,7-10H2,1-2H3. The molecule has 2 rings (SSSR count). The Bertz CT molecular complexity index is 397. The van der Waals surface area contributed by atoms with E-state index in [-0.39, 0.29) is 5.82 Å². The van der Waals surface area contributed by atoms with Gasteiger partial charge in [0.2, 0.25) is 0 Å². The van der Waals surface area contributed by atoms with Crippen LogP contribution in [-0.2, 0) is 0 Å². The number of hydrogen-bond acceptors (Lipinski definition) is 2. The normalized spacial score (nSPS) is 19.0. The summed E-state index contributed by atoms with van der Waals surface area (Å²) in [5, 5.41) is 9.76. The number of aliphatic hydroxyl groups is 1. The molecule has 1 N–H and O–H groups in total. The van der Waals surface area contributed by atoms with Crippen LogP contribution in [0.2, 0.25) is 0 Å². The van der Waals surface area contributed by atoms with Gasteiger partial charge in [-0.15, -0.1) is 0 Å². The van der Waals surface area contributed by atoms with Crippen molar-refractivity contribution in [2.45, 2.75) is 39.2 Å². The fourth-order valence-corrected chi connectivity index (χ4v) is 2.77. The molecule has 100 valence electrons. The van der Waals surface area contributed by atoms with Gasteiger partial charge >= 0.3 is 0 Å². The van der Waals surface area contributed by atoms with Crippen LogP contribution >= 0.6 is 0 Å². The number of halogens is 1. The van der Waals surface area contributed by atoms with Gasteiger partial charge in [-0.1, -0.05) is 25.5 Å². The molecule has 0 bridgehead atoms. The smallest absolute Gasteiger partial charge is 0.146 e. The van der Waals surface area contributed by atoms with Gasteiger partial charge in [-0.05, 0) is 31.7 Å². The van der Waals surface area contributed by atoms with Crippen LogP contribution in [0.25, 0.3) is 0 Å². The quantitative estimate of drug-likeness (QED) is 0.888. The van der Waals surface area contributed by atoms with Crippen molar-refractivity contribution < 1.29 is 9.50 Å². The van der Waals surface area contributed by atoms with E-state index in [1.807, 2.05) is 6.07 Å². The summed E-state index contributed by atoms with van der Waals surface area (Å²) in [4.78, 5) is 2.09. The molecule has 18 heavy (non-hydrogen) atoms. The third-order valence-corrected chi connectivity index (χ3v) is 3.98. The molecule has 1 unspecified atom stereocenters. The Kier molecular flexibility index (Phi) is 4.23. The van der Waals surface area contributed by atoms with Gasteiger partial charge in [0, 0.05) is 18.7 Å². The zero-order valence-electron chi connectivity index (χ0n) is 11.2. The predicted molar refractivity (Wildman–Crippen MR) is 72.3 cm³/mol. The predicted octanol–water partition coefficient (Wildman–Crippen LogP) is 3.51. The van der Waals surface area contributed by atoms with E-state index in [1.54, 1.807) is 13.0 Å². The van der Waals surface area contributed by atoms with Crippen molar-refractivity contribution in [3.05, 3.63) is 29.6 Å². The average Bonchev–Trinajstić information content (AvgIpc) is 2.38. The van der Waals surface area contributed by atoms with E-state index >= 15 is 0 Å². The molecule has 0 radical (unpaired) electrons. The minimum atomic E-state index is -0.625. The maximum atomic E-state index is 14.0. The van der Waals surface area contributed by atoms with Gasteiger partial charge in [-0.25, -0.2) is 4.39 Å². The molecule has 1 aromatic carbocycles. The first-order valence-electron chi connectivity index (χ1n) is 6.85. The Morgan fingerprint density at radius 1 is 1.39 bits per heavy atom. The second kappa shape index (κ2) is 5.70. The summed E-state index contributed by atoms with van der Waals surface area (Å²) in [6, 6.07) is 4.96. The minimum Gasteiger partial charge on any atom is -0.389 e. The van der Waals surface area contributed by atoms with Crippen LogP contribution in [0, 0.1) is 11.7 Å².